The number of carbonyl (C=O) groups is 1. The molecule has 1 fully saturated rings. The summed E-state index contributed by atoms with van der Waals surface area (Å²) in [5.41, 5.74) is 9.89. The first-order valence-corrected chi connectivity index (χ1v) is 11.8. The van der Waals surface area contributed by atoms with E-state index in [-0.39, 0.29) is 23.6 Å². The van der Waals surface area contributed by atoms with Crippen molar-refractivity contribution in [2.45, 2.75) is 32.6 Å². The van der Waals surface area contributed by atoms with Gasteiger partial charge in [0.1, 0.15) is 17.3 Å². The van der Waals surface area contributed by atoms with Crippen LogP contribution in [-0.2, 0) is 4.79 Å². The van der Waals surface area contributed by atoms with E-state index in [4.69, 9.17) is 10.7 Å². The van der Waals surface area contributed by atoms with Crippen molar-refractivity contribution >= 4 is 34.1 Å². The van der Waals surface area contributed by atoms with Crippen LogP contribution in [0.3, 0.4) is 0 Å². The maximum absolute atomic E-state index is 13.4. The molecular weight excluding hydrogens is 445 g/mol. The molecule has 4 N–H and O–H groups in total. The lowest BCUT2D eigenvalue weighted by atomic mass is 9.96. The summed E-state index contributed by atoms with van der Waals surface area (Å²) < 4.78 is 13.4. The molecule has 1 saturated heterocycles. The fraction of sp³-hybridized carbons (Fsp3) is 0.308. The average Bonchev–Trinajstić information content (AvgIpc) is 3.30. The highest BCUT2D eigenvalue weighted by atomic mass is 19.1. The summed E-state index contributed by atoms with van der Waals surface area (Å²) >= 11 is 0. The summed E-state index contributed by atoms with van der Waals surface area (Å²) in [6.07, 6.45) is 7.00. The molecule has 1 aromatic carbocycles. The number of nitrogens with two attached hydrogens (primary N) is 1. The number of nitrogens with one attached hydrogen (secondary N) is 2. The van der Waals surface area contributed by atoms with Crippen molar-refractivity contribution < 1.29 is 9.18 Å². The molecule has 0 radical (unpaired) electrons. The fourth-order valence-electron chi connectivity index (χ4n) is 4.58. The molecule has 5 rings (SSSR count). The average molecular weight is 474 g/mol. The zero-order chi connectivity index (χ0) is 24.5. The Kier molecular flexibility index (Phi) is 6.07. The number of piperidine rings is 1. The van der Waals surface area contributed by atoms with Gasteiger partial charge in [-0.2, -0.15) is 0 Å². The van der Waals surface area contributed by atoms with Gasteiger partial charge in [-0.1, -0.05) is 13.8 Å². The number of primary amides is 1. The summed E-state index contributed by atoms with van der Waals surface area (Å²) in [6, 6.07) is 8.09. The highest BCUT2D eigenvalue weighted by molar-refractivity contribution is 6.01. The number of halogens is 1. The van der Waals surface area contributed by atoms with Crippen LogP contribution in [0.4, 0.5) is 21.6 Å². The minimum absolute atomic E-state index is 0.0772. The van der Waals surface area contributed by atoms with Gasteiger partial charge in [-0.3, -0.25) is 4.79 Å². The van der Waals surface area contributed by atoms with Crippen molar-refractivity contribution in [3.05, 3.63) is 60.3 Å². The third-order valence-corrected chi connectivity index (χ3v) is 6.59. The molecule has 8 nitrogen and oxygen atoms in total. The number of aromatic amines is 1. The van der Waals surface area contributed by atoms with Gasteiger partial charge in [-0.05, 0) is 49.1 Å². The number of fused-ring (bicyclic) bond motifs is 1. The number of rotatable bonds is 6. The molecule has 3 aromatic heterocycles. The van der Waals surface area contributed by atoms with Gasteiger partial charge in [0.15, 0.2) is 5.82 Å². The van der Waals surface area contributed by atoms with Crippen LogP contribution >= 0.6 is 0 Å². The van der Waals surface area contributed by atoms with E-state index in [9.17, 15) is 9.18 Å². The number of pyridine rings is 1. The van der Waals surface area contributed by atoms with Gasteiger partial charge in [-0.25, -0.2) is 19.3 Å². The topological polar surface area (TPSA) is 113 Å². The summed E-state index contributed by atoms with van der Waals surface area (Å²) in [5, 5.41) is 4.48. The minimum Gasteiger partial charge on any atom is -0.370 e. The monoisotopic (exact) mass is 473 g/mol. The molecule has 0 aliphatic carbocycles. The SMILES string of the molecule is CC(C)c1cnc(-c2ccc(F)cc2)nc1Nc1ccnc2[nH]cc(N3CCC(C(N)=O)CC3)c12. The lowest BCUT2D eigenvalue weighted by Gasteiger charge is -2.32. The molecule has 1 aliphatic rings. The van der Waals surface area contributed by atoms with Gasteiger partial charge >= 0.3 is 0 Å². The van der Waals surface area contributed by atoms with Crippen LogP contribution in [-0.4, -0.2) is 38.9 Å². The van der Waals surface area contributed by atoms with E-state index >= 15 is 0 Å². The summed E-state index contributed by atoms with van der Waals surface area (Å²) in [7, 11) is 0. The van der Waals surface area contributed by atoms with E-state index in [0.29, 0.717) is 11.6 Å². The smallest absolute Gasteiger partial charge is 0.220 e. The standard InChI is InChI=1S/C26H28FN7O/c1-15(2)19-13-30-24(17-3-5-18(27)6-4-17)33-25(19)32-20-7-10-29-26-22(20)21(14-31-26)34-11-8-16(9-12-34)23(28)35/h3-7,10,13-16H,8-9,11-12H2,1-2H3,(H2,28,35)(H2,29,30,31,32,33). The molecule has 35 heavy (non-hydrogen) atoms. The number of hydrogen-bond donors (Lipinski definition) is 3. The number of carbonyl (C=O) groups excluding carboxylic acids is 1. The maximum Gasteiger partial charge on any atom is 0.220 e. The normalized spacial score (nSPS) is 14.6. The molecule has 0 atom stereocenters. The van der Waals surface area contributed by atoms with Crippen molar-refractivity contribution in [3.8, 4) is 11.4 Å². The molecule has 0 spiro atoms. The highest BCUT2D eigenvalue weighted by Gasteiger charge is 2.25. The Labute approximate surface area is 202 Å². The Morgan fingerprint density at radius 3 is 2.60 bits per heavy atom. The van der Waals surface area contributed by atoms with Crippen LogP contribution in [0, 0.1) is 11.7 Å². The maximum atomic E-state index is 13.4. The van der Waals surface area contributed by atoms with Crippen molar-refractivity contribution in [1.29, 1.82) is 0 Å². The Balaban J connectivity index is 1.52. The predicted molar refractivity (Wildman–Crippen MR) is 135 cm³/mol. The molecule has 9 heteroatoms. The van der Waals surface area contributed by atoms with Crippen LogP contribution in [0.2, 0.25) is 0 Å². The van der Waals surface area contributed by atoms with Crippen molar-refractivity contribution in [2.24, 2.45) is 11.7 Å². The molecule has 0 saturated carbocycles. The number of hydrogen-bond acceptors (Lipinski definition) is 6. The number of nitrogens with zero attached hydrogens (tertiary/aromatic N) is 4. The molecule has 0 bridgehead atoms. The number of benzene rings is 1. The van der Waals surface area contributed by atoms with Crippen LogP contribution < -0.4 is 16.0 Å². The number of anilines is 3. The van der Waals surface area contributed by atoms with Crippen molar-refractivity contribution in [1.82, 2.24) is 19.9 Å². The van der Waals surface area contributed by atoms with E-state index in [1.165, 1.54) is 12.1 Å². The summed E-state index contributed by atoms with van der Waals surface area (Å²) in [6.45, 7) is 5.67. The molecule has 1 aliphatic heterocycles. The zero-order valence-corrected chi connectivity index (χ0v) is 19.8. The van der Waals surface area contributed by atoms with E-state index in [2.05, 4.69) is 39.0 Å². The lowest BCUT2D eigenvalue weighted by molar-refractivity contribution is -0.122. The quantitative estimate of drug-likeness (QED) is 0.373. The lowest BCUT2D eigenvalue weighted by Crippen LogP contribution is -2.38. The number of amides is 1. The second-order valence-corrected chi connectivity index (χ2v) is 9.20. The van der Waals surface area contributed by atoms with E-state index in [1.807, 2.05) is 18.5 Å². The van der Waals surface area contributed by atoms with Crippen LogP contribution in [0.15, 0.2) is 48.9 Å². The van der Waals surface area contributed by atoms with E-state index < -0.39 is 0 Å². The van der Waals surface area contributed by atoms with E-state index in [1.54, 1.807) is 18.3 Å². The summed E-state index contributed by atoms with van der Waals surface area (Å²) in [5.74, 6) is 0.799. The Morgan fingerprint density at radius 1 is 1.17 bits per heavy atom. The molecule has 1 amide bonds. The Bertz CT molecular complexity index is 1360. The number of H-pyrrole nitrogens is 1. The first kappa shape index (κ1) is 22.8. The third kappa shape index (κ3) is 4.53. The molecular formula is C26H28FN7O. The van der Waals surface area contributed by atoms with Gasteiger partial charge in [0.2, 0.25) is 5.91 Å². The molecule has 0 unspecified atom stereocenters. The Morgan fingerprint density at radius 2 is 1.91 bits per heavy atom. The third-order valence-electron chi connectivity index (χ3n) is 6.59. The molecule has 4 aromatic rings. The van der Waals surface area contributed by atoms with Gasteiger partial charge in [0.25, 0.3) is 0 Å². The van der Waals surface area contributed by atoms with Crippen molar-refractivity contribution in [2.75, 3.05) is 23.3 Å². The second-order valence-electron chi connectivity index (χ2n) is 9.20. The summed E-state index contributed by atoms with van der Waals surface area (Å²) in [4.78, 5) is 31.0. The van der Waals surface area contributed by atoms with Crippen LogP contribution in [0.5, 0.6) is 0 Å². The largest absolute Gasteiger partial charge is 0.370 e. The van der Waals surface area contributed by atoms with Gasteiger partial charge in [0, 0.05) is 48.7 Å². The first-order chi connectivity index (χ1) is 16.9. The molecule has 180 valence electrons. The van der Waals surface area contributed by atoms with Gasteiger partial charge < -0.3 is 20.9 Å². The van der Waals surface area contributed by atoms with Crippen LogP contribution in [0.1, 0.15) is 38.2 Å². The molecule has 4 heterocycles. The number of aromatic nitrogens is 4. The first-order valence-electron chi connectivity index (χ1n) is 11.8. The second kappa shape index (κ2) is 9.32. The van der Waals surface area contributed by atoms with E-state index in [0.717, 1.165) is 59.5 Å². The fourth-order valence-corrected chi connectivity index (χ4v) is 4.58. The van der Waals surface area contributed by atoms with Crippen molar-refractivity contribution in [3.63, 3.8) is 0 Å². The van der Waals surface area contributed by atoms with Crippen LogP contribution in [0.25, 0.3) is 22.4 Å². The van der Waals surface area contributed by atoms with Gasteiger partial charge in [0.05, 0.1) is 16.8 Å². The zero-order valence-electron chi connectivity index (χ0n) is 19.8. The predicted octanol–water partition coefficient (Wildman–Crippen LogP) is 4.73. The van der Waals surface area contributed by atoms with Gasteiger partial charge in [-0.15, -0.1) is 0 Å². The highest BCUT2D eigenvalue weighted by Crippen LogP contribution is 2.36. The minimum atomic E-state index is -0.301. The Hall–Kier alpha value is -4.01.